The van der Waals surface area contributed by atoms with E-state index in [2.05, 4.69) is 4.90 Å². The van der Waals surface area contributed by atoms with Gasteiger partial charge in [0, 0.05) is 26.7 Å². The van der Waals surface area contributed by atoms with E-state index >= 15 is 0 Å². The second-order valence-electron chi connectivity index (χ2n) is 7.80. The molecule has 0 bridgehead atoms. The fourth-order valence-electron chi connectivity index (χ4n) is 3.60. The number of piperidine rings is 1. The molecule has 1 aliphatic carbocycles. The maximum absolute atomic E-state index is 14.4. The number of hydrogen-bond donors (Lipinski definition) is 0. The molecule has 1 unspecified atom stereocenters. The Hall–Kier alpha value is -1.47. The minimum absolute atomic E-state index is 0.0139. The Morgan fingerprint density at radius 3 is 2.33 bits per heavy atom. The van der Waals surface area contributed by atoms with Crippen molar-refractivity contribution in [1.82, 2.24) is 4.90 Å². The molecule has 2 aliphatic rings. The van der Waals surface area contributed by atoms with E-state index in [1.165, 1.54) is 12.1 Å². The van der Waals surface area contributed by atoms with E-state index in [1.54, 1.807) is 24.3 Å². The van der Waals surface area contributed by atoms with Gasteiger partial charge in [0.25, 0.3) is 0 Å². The summed E-state index contributed by atoms with van der Waals surface area (Å²) in [6.07, 6.45) is 3.20. The average Bonchev–Trinajstić information content (AvgIpc) is 3.51. The number of ether oxygens (including phenoxy) is 1. The summed E-state index contributed by atoms with van der Waals surface area (Å²) in [5, 5.41) is 0.997. The summed E-state index contributed by atoms with van der Waals surface area (Å²) in [6, 6.07) is 9.71. The lowest BCUT2D eigenvalue weighted by Gasteiger charge is -2.31. The molecule has 0 aromatic heterocycles. The molecule has 2 fully saturated rings. The van der Waals surface area contributed by atoms with Gasteiger partial charge in [0.05, 0.1) is 16.4 Å². The standard InChI is InChI=1S/C22H22Cl2FNO3S/c23-15-10-16(24)12-19(11-15)30(28)18-5-7-26(8-6-18)13-14-1-4-20(21(25)9-14)22(27)29-17-2-3-17/h1,4,9-12,17-18H,2-3,5-8,13H2. The predicted molar refractivity (Wildman–Crippen MR) is 116 cm³/mol. The van der Waals surface area contributed by atoms with Crippen molar-refractivity contribution in [3.63, 3.8) is 0 Å². The third-order valence-corrected chi connectivity index (χ3v) is 7.58. The molecular formula is C22H22Cl2FNO3S. The molecule has 4 nitrogen and oxygen atoms in total. The molecule has 1 heterocycles. The third kappa shape index (κ3) is 5.41. The Balaban J connectivity index is 1.32. The second kappa shape index (κ2) is 9.35. The van der Waals surface area contributed by atoms with Crippen LogP contribution < -0.4 is 0 Å². The maximum Gasteiger partial charge on any atom is 0.341 e. The van der Waals surface area contributed by atoms with Crippen LogP contribution in [0.4, 0.5) is 4.39 Å². The first kappa shape index (κ1) is 21.8. The molecule has 30 heavy (non-hydrogen) atoms. The van der Waals surface area contributed by atoms with Crippen LogP contribution in [0.5, 0.6) is 0 Å². The zero-order valence-electron chi connectivity index (χ0n) is 16.3. The van der Waals surface area contributed by atoms with Crippen molar-refractivity contribution in [1.29, 1.82) is 0 Å². The average molecular weight is 470 g/mol. The molecule has 1 saturated heterocycles. The smallest absolute Gasteiger partial charge is 0.341 e. The van der Waals surface area contributed by atoms with Crippen LogP contribution in [0.3, 0.4) is 0 Å². The van der Waals surface area contributed by atoms with Crippen LogP contribution in [0, 0.1) is 5.82 Å². The summed E-state index contributed by atoms with van der Waals surface area (Å²) in [5.74, 6) is -1.14. The lowest BCUT2D eigenvalue weighted by Crippen LogP contribution is -2.37. The first-order valence-electron chi connectivity index (χ1n) is 9.97. The predicted octanol–water partition coefficient (Wildman–Crippen LogP) is 5.22. The first-order valence-corrected chi connectivity index (χ1v) is 11.9. The normalized spacial score (nSPS) is 18.9. The molecule has 1 saturated carbocycles. The number of halogens is 3. The highest BCUT2D eigenvalue weighted by Crippen LogP contribution is 2.28. The van der Waals surface area contributed by atoms with E-state index in [-0.39, 0.29) is 16.9 Å². The van der Waals surface area contributed by atoms with Crippen LogP contribution in [-0.4, -0.2) is 39.5 Å². The summed E-state index contributed by atoms with van der Waals surface area (Å²) < 4.78 is 32.4. The zero-order chi connectivity index (χ0) is 21.3. The van der Waals surface area contributed by atoms with Crippen molar-refractivity contribution in [3.8, 4) is 0 Å². The molecule has 2 aromatic rings. The number of carbonyl (C=O) groups excluding carboxylic acids is 1. The number of hydrogen-bond acceptors (Lipinski definition) is 4. The lowest BCUT2D eigenvalue weighted by molar-refractivity contribution is 0.0467. The molecule has 4 rings (SSSR count). The number of carbonyl (C=O) groups is 1. The Kier molecular flexibility index (Phi) is 6.78. The van der Waals surface area contributed by atoms with Gasteiger partial charge in [-0.15, -0.1) is 0 Å². The van der Waals surface area contributed by atoms with Crippen LogP contribution >= 0.6 is 23.2 Å². The van der Waals surface area contributed by atoms with Crippen LogP contribution in [0.25, 0.3) is 0 Å². The fourth-order valence-corrected chi connectivity index (χ4v) is 5.77. The highest BCUT2D eigenvalue weighted by Gasteiger charge is 2.28. The van der Waals surface area contributed by atoms with Gasteiger partial charge in [-0.25, -0.2) is 9.18 Å². The van der Waals surface area contributed by atoms with Gasteiger partial charge in [0.2, 0.25) is 0 Å². The van der Waals surface area contributed by atoms with Gasteiger partial charge in [-0.05, 0) is 74.7 Å². The SMILES string of the molecule is O=C(OC1CC1)c1ccc(CN2CCC(S(=O)c3cc(Cl)cc(Cl)c3)CC2)cc1F. The van der Waals surface area contributed by atoms with Gasteiger partial charge in [-0.1, -0.05) is 29.3 Å². The van der Waals surface area contributed by atoms with Crippen LogP contribution in [-0.2, 0) is 22.1 Å². The number of nitrogens with zero attached hydrogens (tertiary/aromatic N) is 1. The van der Waals surface area contributed by atoms with Crippen LogP contribution in [0.1, 0.15) is 41.6 Å². The van der Waals surface area contributed by atoms with Gasteiger partial charge in [0.15, 0.2) is 0 Å². The molecule has 8 heteroatoms. The monoisotopic (exact) mass is 469 g/mol. The van der Waals surface area contributed by atoms with Crippen molar-refractivity contribution in [2.75, 3.05) is 13.1 Å². The van der Waals surface area contributed by atoms with E-state index in [1.807, 2.05) is 0 Å². The minimum atomic E-state index is -1.17. The Morgan fingerprint density at radius 2 is 1.73 bits per heavy atom. The van der Waals surface area contributed by atoms with Crippen molar-refractivity contribution >= 4 is 40.0 Å². The number of esters is 1. The minimum Gasteiger partial charge on any atom is -0.459 e. The lowest BCUT2D eigenvalue weighted by atomic mass is 10.1. The highest BCUT2D eigenvalue weighted by molar-refractivity contribution is 7.85. The van der Waals surface area contributed by atoms with Crippen LogP contribution in [0.15, 0.2) is 41.3 Å². The molecule has 2 aromatic carbocycles. The molecule has 0 amide bonds. The summed E-state index contributed by atoms with van der Waals surface area (Å²) in [6.45, 7) is 2.10. The number of rotatable bonds is 6. The number of benzene rings is 2. The second-order valence-corrected chi connectivity index (χ2v) is 10.4. The Labute approximate surface area is 187 Å². The maximum atomic E-state index is 14.4. The summed E-state index contributed by atoms with van der Waals surface area (Å²) in [5.41, 5.74) is 0.789. The molecular weight excluding hydrogens is 448 g/mol. The van der Waals surface area contributed by atoms with Gasteiger partial charge in [-0.2, -0.15) is 0 Å². The summed E-state index contributed by atoms with van der Waals surface area (Å²) >= 11 is 12.1. The van der Waals surface area contributed by atoms with Gasteiger partial charge < -0.3 is 4.74 Å². The van der Waals surface area contributed by atoms with Gasteiger partial charge in [0.1, 0.15) is 11.9 Å². The Bertz CT molecular complexity index is 955. The molecule has 0 N–H and O–H groups in total. The van der Waals surface area contributed by atoms with Gasteiger partial charge >= 0.3 is 5.97 Å². The fraction of sp³-hybridized carbons (Fsp3) is 0.409. The largest absolute Gasteiger partial charge is 0.459 e. The van der Waals surface area contributed by atoms with Crippen molar-refractivity contribution in [2.45, 2.75) is 48.5 Å². The molecule has 1 aliphatic heterocycles. The number of likely N-dealkylation sites (tertiary alicyclic amines) is 1. The van der Waals surface area contributed by atoms with Crippen molar-refractivity contribution < 1.29 is 18.1 Å². The van der Waals surface area contributed by atoms with E-state index in [0.717, 1.165) is 44.3 Å². The van der Waals surface area contributed by atoms with E-state index in [9.17, 15) is 13.4 Å². The molecule has 0 radical (unpaired) electrons. The molecule has 0 spiro atoms. The van der Waals surface area contributed by atoms with Crippen molar-refractivity contribution in [3.05, 3.63) is 63.4 Å². The summed E-state index contributed by atoms with van der Waals surface area (Å²) in [4.78, 5) is 14.8. The van der Waals surface area contributed by atoms with Crippen molar-refractivity contribution in [2.24, 2.45) is 0 Å². The van der Waals surface area contributed by atoms with Crippen LogP contribution in [0.2, 0.25) is 10.0 Å². The van der Waals surface area contributed by atoms with E-state index < -0.39 is 22.6 Å². The first-order chi connectivity index (χ1) is 14.4. The van der Waals surface area contributed by atoms with E-state index in [4.69, 9.17) is 27.9 Å². The van der Waals surface area contributed by atoms with Gasteiger partial charge in [-0.3, -0.25) is 9.11 Å². The summed E-state index contributed by atoms with van der Waals surface area (Å²) in [7, 11) is -1.17. The third-order valence-electron chi connectivity index (χ3n) is 5.36. The Morgan fingerprint density at radius 1 is 1.07 bits per heavy atom. The molecule has 160 valence electrons. The molecule has 1 atom stereocenters. The zero-order valence-corrected chi connectivity index (χ0v) is 18.6. The quantitative estimate of drug-likeness (QED) is 0.543. The highest BCUT2D eigenvalue weighted by atomic mass is 35.5. The van der Waals surface area contributed by atoms with E-state index in [0.29, 0.717) is 21.5 Å². The topological polar surface area (TPSA) is 46.6 Å².